The number of nitrogens with zero attached hydrogens (tertiary/aromatic N) is 2. The minimum Gasteiger partial charge on any atom is -0.465 e. The topological polar surface area (TPSA) is 70.4 Å². The summed E-state index contributed by atoms with van der Waals surface area (Å²) < 4.78 is 19.1. The van der Waals surface area contributed by atoms with Crippen molar-refractivity contribution in [1.82, 2.24) is 0 Å². The fourth-order valence-corrected chi connectivity index (χ4v) is 3.31. The number of nitriles is 1. The smallest absolute Gasteiger partial charge is 0.317 e. The first-order valence-electron chi connectivity index (χ1n) is 7.41. The molecule has 0 saturated heterocycles. The van der Waals surface area contributed by atoms with Gasteiger partial charge in [0, 0.05) is 6.54 Å². The van der Waals surface area contributed by atoms with Gasteiger partial charge in [-0.15, -0.1) is 0 Å². The van der Waals surface area contributed by atoms with Crippen LogP contribution in [0.2, 0.25) is 0 Å². The van der Waals surface area contributed by atoms with Crippen LogP contribution in [0.15, 0.2) is 23.3 Å². The molecule has 2 heterocycles. The average Bonchev–Trinajstić information content (AvgIpc) is 2.88. The van der Waals surface area contributed by atoms with E-state index in [1.165, 1.54) is 17.0 Å². The van der Waals surface area contributed by atoms with Crippen LogP contribution in [0.4, 0.5) is 10.1 Å². The monoisotopic (exact) mass is 314 g/mol. The van der Waals surface area contributed by atoms with Crippen molar-refractivity contribution in [1.29, 1.82) is 5.26 Å². The third-order valence-electron chi connectivity index (χ3n) is 4.29. The van der Waals surface area contributed by atoms with Crippen molar-refractivity contribution in [3.63, 3.8) is 0 Å². The van der Waals surface area contributed by atoms with Gasteiger partial charge in [0.15, 0.2) is 0 Å². The highest BCUT2D eigenvalue weighted by atomic mass is 19.1. The van der Waals surface area contributed by atoms with E-state index >= 15 is 0 Å². The van der Waals surface area contributed by atoms with Gasteiger partial charge in [-0.2, -0.15) is 5.26 Å². The molecule has 0 radical (unpaired) electrons. The lowest BCUT2D eigenvalue weighted by Crippen LogP contribution is -2.29. The van der Waals surface area contributed by atoms with E-state index in [1.807, 2.05) is 6.07 Å². The molecule has 0 fully saturated rings. The van der Waals surface area contributed by atoms with Gasteiger partial charge in [-0.05, 0) is 49.1 Å². The summed E-state index contributed by atoms with van der Waals surface area (Å²) in [6.45, 7) is 3.77. The van der Waals surface area contributed by atoms with Crippen molar-refractivity contribution in [3.05, 3.63) is 40.2 Å². The van der Waals surface area contributed by atoms with Crippen molar-refractivity contribution >= 4 is 17.6 Å². The van der Waals surface area contributed by atoms with Gasteiger partial charge in [-0.1, -0.05) is 0 Å². The first kappa shape index (κ1) is 15.2. The minimum absolute atomic E-state index is 0.0764. The molecule has 1 atom stereocenters. The molecule has 1 aromatic rings. The molecule has 1 unspecified atom stereocenters. The molecule has 0 N–H and O–H groups in total. The summed E-state index contributed by atoms with van der Waals surface area (Å²) in [5.74, 6) is -2.42. The highest BCUT2D eigenvalue weighted by Gasteiger charge is 2.40. The van der Waals surface area contributed by atoms with Crippen LogP contribution >= 0.6 is 0 Å². The Hall–Kier alpha value is -2.68. The largest absolute Gasteiger partial charge is 0.465 e. The molecule has 3 rings (SSSR count). The molecule has 1 amide bonds. The van der Waals surface area contributed by atoms with Crippen LogP contribution in [0.1, 0.15) is 30.9 Å². The molecule has 23 heavy (non-hydrogen) atoms. The maximum Gasteiger partial charge on any atom is 0.317 e. The number of hydrogen-bond donors (Lipinski definition) is 0. The van der Waals surface area contributed by atoms with Crippen LogP contribution < -0.4 is 4.90 Å². The molecule has 0 spiro atoms. The number of hydrogen-bond acceptors (Lipinski definition) is 4. The number of carbonyl (C=O) groups is 2. The Morgan fingerprint density at radius 3 is 2.91 bits per heavy atom. The van der Waals surface area contributed by atoms with Crippen molar-refractivity contribution < 1.29 is 18.7 Å². The number of amides is 1. The highest BCUT2D eigenvalue weighted by Crippen LogP contribution is 2.43. The van der Waals surface area contributed by atoms with Gasteiger partial charge in [0.05, 0.1) is 12.3 Å². The Morgan fingerprint density at radius 1 is 1.52 bits per heavy atom. The predicted molar refractivity (Wildman–Crippen MR) is 80.1 cm³/mol. The molecule has 5 nitrogen and oxygen atoms in total. The molecular weight excluding hydrogens is 299 g/mol. The third-order valence-corrected chi connectivity index (χ3v) is 4.29. The summed E-state index contributed by atoms with van der Waals surface area (Å²) in [6, 6.07) is 4.53. The van der Waals surface area contributed by atoms with E-state index in [2.05, 4.69) is 0 Å². The lowest BCUT2D eigenvalue weighted by Gasteiger charge is -2.20. The number of esters is 1. The Bertz CT molecular complexity index is 792. The molecule has 1 aromatic carbocycles. The second kappa shape index (κ2) is 5.51. The summed E-state index contributed by atoms with van der Waals surface area (Å²) in [4.78, 5) is 26.5. The Balaban J connectivity index is 2.31. The molecule has 2 aliphatic heterocycles. The number of carbonyl (C=O) groups excluding carboxylic acids is 2. The SMILES string of the molecule is CCOC(=O)C1C(C)=C(C#N)C(=O)N2CCc3cc(F)cc1c32. The predicted octanol–water partition coefficient (Wildman–Crippen LogP) is 2.22. The van der Waals surface area contributed by atoms with Crippen molar-refractivity contribution in [3.8, 4) is 6.07 Å². The lowest BCUT2D eigenvalue weighted by molar-refractivity contribution is -0.143. The van der Waals surface area contributed by atoms with Gasteiger partial charge >= 0.3 is 5.97 Å². The standard InChI is InChI=1S/C17H15FN2O3/c1-3-23-17(22)14-9(2)13(8-19)16(21)20-5-4-10-6-11(18)7-12(14)15(10)20/h6-7,14H,3-5H2,1-2H3. The van der Waals surface area contributed by atoms with E-state index < -0.39 is 23.6 Å². The zero-order chi connectivity index (χ0) is 16.7. The van der Waals surface area contributed by atoms with Gasteiger partial charge in [-0.25, -0.2) is 4.39 Å². The molecular formula is C17H15FN2O3. The maximum atomic E-state index is 14.0. The second-order valence-corrected chi connectivity index (χ2v) is 5.56. The summed E-state index contributed by atoms with van der Waals surface area (Å²) in [5.41, 5.74) is 1.84. The minimum atomic E-state index is -0.943. The first-order chi connectivity index (χ1) is 11.0. The summed E-state index contributed by atoms with van der Waals surface area (Å²) in [6.07, 6.45) is 0.499. The van der Waals surface area contributed by atoms with E-state index in [0.29, 0.717) is 35.4 Å². The van der Waals surface area contributed by atoms with Gasteiger partial charge in [0.25, 0.3) is 5.91 Å². The molecule has 0 aromatic heterocycles. The second-order valence-electron chi connectivity index (χ2n) is 5.56. The van der Waals surface area contributed by atoms with Gasteiger partial charge < -0.3 is 9.64 Å². The molecule has 6 heteroatoms. The van der Waals surface area contributed by atoms with Gasteiger partial charge in [-0.3, -0.25) is 9.59 Å². The fourth-order valence-electron chi connectivity index (χ4n) is 3.31. The average molecular weight is 314 g/mol. The van der Waals surface area contributed by atoms with E-state index in [-0.39, 0.29) is 12.2 Å². The van der Waals surface area contributed by atoms with Crippen LogP contribution in [0, 0.1) is 17.1 Å². The van der Waals surface area contributed by atoms with E-state index in [4.69, 9.17) is 4.74 Å². The molecule has 118 valence electrons. The number of halogens is 1. The van der Waals surface area contributed by atoms with E-state index in [0.717, 1.165) is 0 Å². The van der Waals surface area contributed by atoms with Gasteiger partial charge in [0.1, 0.15) is 23.4 Å². The van der Waals surface area contributed by atoms with Crippen LogP contribution in [-0.2, 0) is 20.7 Å². The normalized spacial score (nSPS) is 19.3. The van der Waals surface area contributed by atoms with Gasteiger partial charge in [0.2, 0.25) is 0 Å². The number of rotatable bonds is 2. The molecule has 2 aliphatic rings. The molecule has 0 bridgehead atoms. The third kappa shape index (κ3) is 2.20. The maximum absolute atomic E-state index is 14.0. The van der Waals surface area contributed by atoms with Crippen molar-refractivity contribution in [2.75, 3.05) is 18.1 Å². The van der Waals surface area contributed by atoms with Crippen molar-refractivity contribution in [2.24, 2.45) is 0 Å². The quantitative estimate of drug-likeness (QED) is 0.785. The fraction of sp³-hybridized carbons (Fsp3) is 0.353. The summed E-state index contributed by atoms with van der Waals surface area (Å²) in [7, 11) is 0. The number of ether oxygens (including phenoxy) is 1. The van der Waals surface area contributed by atoms with Crippen LogP contribution in [0.25, 0.3) is 0 Å². The molecule has 0 aliphatic carbocycles. The van der Waals surface area contributed by atoms with E-state index in [1.54, 1.807) is 13.8 Å². The highest BCUT2D eigenvalue weighted by molar-refractivity contribution is 6.12. The zero-order valence-electron chi connectivity index (χ0n) is 12.9. The Labute approximate surface area is 132 Å². The van der Waals surface area contributed by atoms with Crippen molar-refractivity contribution in [2.45, 2.75) is 26.2 Å². The summed E-state index contributed by atoms with van der Waals surface area (Å²) >= 11 is 0. The lowest BCUT2D eigenvalue weighted by atomic mass is 9.88. The first-order valence-corrected chi connectivity index (χ1v) is 7.41. The Morgan fingerprint density at radius 2 is 2.26 bits per heavy atom. The van der Waals surface area contributed by atoms with Crippen LogP contribution in [0.5, 0.6) is 0 Å². The Kier molecular flexibility index (Phi) is 3.64. The zero-order valence-corrected chi connectivity index (χ0v) is 12.9. The van der Waals surface area contributed by atoms with Crippen LogP contribution in [-0.4, -0.2) is 25.0 Å². The summed E-state index contributed by atoms with van der Waals surface area (Å²) in [5, 5.41) is 9.37. The number of anilines is 1. The van der Waals surface area contributed by atoms with Crippen LogP contribution in [0.3, 0.4) is 0 Å². The number of benzene rings is 1. The van der Waals surface area contributed by atoms with E-state index in [9.17, 15) is 19.2 Å². The molecule has 0 saturated carbocycles.